The van der Waals surface area contributed by atoms with Gasteiger partial charge in [-0.2, -0.15) is 5.46 Å². The maximum atomic E-state index is 13.9. The first-order chi connectivity index (χ1) is 8.84. The van der Waals surface area contributed by atoms with Crippen LogP contribution in [-0.2, 0) is 14.1 Å². The van der Waals surface area contributed by atoms with Crippen molar-refractivity contribution in [2.75, 3.05) is 0 Å². The smallest absolute Gasteiger partial charge is 0.191 e. The second-order valence-corrected chi connectivity index (χ2v) is 4.32. The molecular weight excluding hydrogens is 259 g/mol. The van der Waals surface area contributed by atoms with Crippen molar-refractivity contribution >= 4 is 18.5 Å². The molecule has 0 saturated carbocycles. The van der Waals surface area contributed by atoms with E-state index < -0.39 is 34.3 Å². The van der Waals surface area contributed by atoms with Gasteiger partial charge in [-0.15, -0.1) is 7.28 Å². The van der Waals surface area contributed by atoms with Gasteiger partial charge in [0.1, 0.15) is 18.2 Å². The Morgan fingerprint density at radius 3 is 2.21 bits per heavy atom. The Balaban J connectivity index is 2.58. The first-order valence-electron chi connectivity index (χ1n) is 5.52. The van der Waals surface area contributed by atoms with Crippen molar-refractivity contribution in [3.8, 4) is 0 Å². The lowest BCUT2D eigenvalue weighted by Gasteiger charge is -2.19. The third-order valence-corrected chi connectivity index (χ3v) is 3.03. The molecule has 1 aromatic carbocycles. The van der Waals surface area contributed by atoms with E-state index in [9.17, 15) is 17.6 Å². The van der Waals surface area contributed by atoms with E-state index in [-0.39, 0.29) is 0 Å². The van der Waals surface area contributed by atoms with Gasteiger partial charge in [-0.3, -0.25) is 9.13 Å². The molecule has 2 rings (SSSR count). The molecule has 0 aliphatic rings. The minimum Gasteiger partial charge on any atom is -0.280 e. The molecule has 100 valence electrons. The molecule has 0 aliphatic carbocycles. The van der Waals surface area contributed by atoms with E-state index in [2.05, 4.69) is 0 Å². The highest BCUT2D eigenvalue weighted by Gasteiger charge is 2.18. The molecule has 1 heterocycles. The number of benzene rings is 1. The van der Waals surface area contributed by atoms with Gasteiger partial charge in [0.25, 0.3) is 0 Å². The molecule has 7 heteroatoms. The summed E-state index contributed by atoms with van der Waals surface area (Å²) < 4.78 is 57.2. The van der Waals surface area contributed by atoms with Crippen molar-refractivity contribution in [1.82, 2.24) is 4.57 Å². The lowest BCUT2D eigenvalue weighted by molar-refractivity contribution is -0.652. The van der Waals surface area contributed by atoms with E-state index in [1.54, 1.807) is 35.6 Å². The minimum absolute atomic E-state index is 0.447. The Bertz CT molecular complexity index is 603. The Hall–Kier alpha value is -1.79. The van der Waals surface area contributed by atoms with Gasteiger partial charge in [0, 0.05) is 11.3 Å². The van der Waals surface area contributed by atoms with E-state index >= 15 is 0 Å². The van der Waals surface area contributed by atoms with Gasteiger partial charge in [0.15, 0.2) is 11.6 Å². The van der Waals surface area contributed by atoms with Gasteiger partial charge in [-0.25, -0.2) is 17.6 Å². The molecule has 19 heavy (non-hydrogen) atoms. The number of nitrogens with zero attached hydrogens (tertiary/aromatic N) is 2. The monoisotopic (exact) mass is 270 g/mol. The number of imidazole rings is 1. The van der Waals surface area contributed by atoms with Crippen molar-refractivity contribution in [2.45, 2.75) is 6.92 Å². The maximum Gasteiger partial charge on any atom is 0.191 e. The zero-order valence-electron chi connectivity index (χ0n) is 10.6. The molecule has 0 spiro atoms. The Kier molecular flexibility index (Phi) is 3.39. The Labute approximate surface area is 108 Å². The summed E-state index contributed by atoms with van der Waals surface area (Å²) in [5.74, 6) is -5.79. The SMILES string of the molecule is Cc1c(F)c(F)c(F)c([B-]c2n(C)cc[n+]2C)c1F. The lowest BCUT2D eigenvalue weighted by atomic mass is 9.68. The third kappa shape index (κ3) is 2.13. The van der Waals surface area contributed by atoms with E-state index in [0.717, 1.165) is 14.2 Å². The van der Waals surface area contributed by atoms with Gasteiger partial charge in [-0.1, -0.05) is 0 Å². The average Bonchev–Trinajstić information content (AvgIpc) is 2.70. The van der Waals surface area contributed by atoms with Crippen molar-refractivity contribution in [3.63, 3.8) is 0 Å². The topological polar surface area (TPSA) is 8.81 Å². The zero-order valence-corrected chi connectivity index (χ0v) is 10.6. The molecule has 2 radical (unpaired) electrons. The van der Waals surface area contributed by atoms with Crippen LogP contribution in [0.5, 0.6) is 0 Å². The lowest BCUT2D eigenvalue weighted by Crippen LogP contribution is -2.54. The van der Waals surface area contributed by atoms with Crippen molar-refractivity contribution in [1.29, 1.82) is 0 Å². The highest BCUT2D eigenvalue weighted by atomic mass is 19.2. The van der Waals surface area contributed by atoms with Crippen LogP contribution in [-0.4, -0.2) is 11.8 Å². The first kappa shape index (κ1) is 13.6. The van der Waals surface area contributed by atoms with Crippen LogP contribution in [0.3, 0.4) is 0 Å². The van der Waals surface area contributed by atoms with Crippen LogP contribution in [0.25, 0.3) is 0 Å². The molecule has 2 aromatic rings. The quantitative estimate of drug-likeness (QED) is 0.245. The number of halogens is 4. The molecule has 0 fully saturated rings. The predicted octanol–water partition coefficient (Wildman–Crippen LogP) is 0.369. The fourth-order valence-corrected chi connectivity index (χ4v) is 1.83. The van der Waals surface area contributed by atoms with E-state index in [1.165, 1.54) is 0 Å². The number of aryl methyl sites for hydroxylation is 2. The molecule has 0 atom stereocenters. The fourth-order valence-electron chi connectivity index (χ4n) is 1.83. The Morgan fingerprint density at radius 2 is 1.68 bits per heavy atom. The van der Waals surface area contributed by atoms with Gasteiger partial charge >= 0.3 is 0 Å². The highest BCUT2D eigenvalue weighted by Crippen LogP contribution is 2.16. The molecule has 0 unspecified atom stereocenters. The summed E-state index contributed by atoms with van der Waals surface area (Å²) >= 11 is 0. The largest absolute Gasteiger partial charge is 0.280 e. The zero-order chi connectivity index (χ0) is 14.3. The van der Waals surface area contributed by atoms with Gasteiger partial charge in [0.05, 0.1) is 19.9 Å². The van der Waals surface area contributed by atoms with Crippen LogP contribution < -0.4 is 15.8 Å². The third-order valence-electron chi connectivity index (χ3n) is 3.03. The molecule has 2 nitrogen and oxygen atoms in total. The van der Waals surface area contributed by atoms with Crippen molar-refractivity contribution in [2.24, 2.45) is 14.1 Å². The molecular formula is C12H11BF4N2. The molecule has 1 aromatic heterocycles. The average molecular weight is 270 g/mol. The highest BCUT2D eigenvalue weighted by molar-refractivity contribution is 6.65. The molecule has 0 saturated heterocycles. The second kappa shape index (κ2) is 4.72. The van der Waals surface area contributed by atoms with Crippen molar-refractivity contribution < 1.29 is 22.1 Å². The summed E-state index contributed by atoms with van der Waals surface area (Å²) in [4.78, 5) is 0. The van der Waals surface area contributed by atoms with Crippen LogP contribution in [0.4, 0.5) is 17.6 Å². The van der Waals surface area contributed by atoms with E-state index in [4.69, 9.17) is 0 Å². The summed E-state index contributed by atoms with van der Waals surface area (Å²) in [6, 6.07) is 0. The van der Waals surface area contributed by atoms with Crippen LogP contribution in [0.15, 0.2) is 12.4 Å². The van der Waals surface area contributed by atoms with Gasteiger partial charge < -0.3 is 0 Å². The van der Waals surface area contributed by atoms with Crippen molar-refractivity contribution in [3.05, 3.63) is 41.2 Å². The van der Waals surface area contributed by atoms with E-state index in [1.807, 2.05) is 0 Å². The predicted molar refractivity (Wildman–Crippen MR) is 62.6 cm³/mol. The fraction of sp³-hybridized carbons (Fsp3) is 0.250. The molecule has 0 N–H and O–H groups in total. The summed E-state index contributed by atoms with van der Waals surface area (Å²) in [5.41, 5.74) is -0.681. The van der Waals surface area contributed by atoms with Gasteiger partial charge in [0.2, 0.25) is 0 Å². The maximum absolute atomic E-state index is 13.9. The number of hydrogen-bond acceptors (Lipinski definition) is 0. The normalized spacial score (nSPS) is 11.1. The number of rotatable bonds is 2. The van der Waals surface area contributed by atoms with Crippen LogP contribution in [0, 0.1) is 30.2 Å². The second-order valence-electron chi connectivity index (χ2n) is 4.32. The summed E-state index contributed by atoms with van der Waals surface area (Å²) in [5, 5.41) is 0. The minimum atomic E-state index is -1.66. The summed E-state index contributed by atoms with van der Waals surface area (Å²) in [7, 11) is 4.49. The summed E-state index contributed by atoms with van der Waals surface area (Å²) in [6.45, 7) is 1.06. The molecule has 0 amide bonds. The van der Waals surface area contributed by atoms with E-state index in [0.29, 0.717) is 5.72 Å². The van der Waals surface area contributed by atoms with Crippen LogP contribution in [0.2, 0.25) is 0 Å². The molecule has 0 bridgehead atoms. The van der Waals surface area contributed by atoms with Gasteiger partial charge in [-0.05, 0) is 6.92 Å². The van der Waals surface area contributed by atoms with Crippen LogP contribution >= 0.6 is 0 Å². The first-order valence-corrected chi connectivity index (χ1v) is 5.52. The standard InChI is InChI=1S/C12H11BF4N2/c1-6-8(14)7(10(16)11(17)9(6)15)13-12-18(2)4-5-19(12)3/h4-5H,1-3H3. The molecule has 0 aliphatic heterocycles. The summed E-state index contributed by atoms with van der Waals surface area (Å²) in [6.07, 6.45) is 3.35. The number of aromatic nitrogens is 2. The van der Waals surface area contributed by atoms with Crippen LogP contribution in [0.1, 0.15) is 5.56 Å². The Morgan fingerprint density at radius 1 is 1.05 bits per heavy atom. The number of hydrogen-bond donors (Lipinski definition) is 0.